The van der Waals surface area contributed by atoms with Gasteiger partial charge < -0.3 is 4.90 Å². The molecule has 0 aliphatic carbocycles. The van der Waals surface area contributed by atoms with Crippen molar-refractivity contribution in [3.63, 3.8) is 0 Å². The van der Waals surface area contributed by atoms with Crippen LogP contribution < -0.4 is 5.19 Å². The Hall–Kier alpha value is -0.643. The Balaban J connectivity index is 2.02. The van der Waals surface area contributed by atoms with Crippen LogP contribution in [-0.2, 0) is 6.54 Å². The Kier molecular flexibility index (Phi) is 5.05. The fraction of sp³-hybridized carbons (Fsp3) is 0.647. The molecule has 20 heavy (non-hydrogen) atoms. The summed E-state index contributed by atoms with van der Waals surface area (Å²) < 4.78 is 0. The van der Waals surface area contributed by atoms with Gasteiger partial charge in [0, 0.05) is 25.7 Å². The van der Waals surface area contributed by atoms with Gasteiger partial charge in [-0.2, -0.15) is 0 Å². The van der Waals surface area contributed by atoms with Crippen LogP contribution in [0.25, 0.3) is 0 Å². The quantitative estimate of drug-likeness (QED) is 0.790. The topological polar surface area (TPSA) is 6.48 Å². The first-order chi connectivity index (χ1) is 9.36. The lowest BCUT2D eigenvalue weighted by Crippen LogP contribution is -2.38. The van der Waals surface area contributed by atoms with Crippen molar-refractivity contribution in [1.82, 2.24) is 9.80 Å². The average Bonchev–Trinajstić information content (AvgIpc) is 2.51. The van der Waals surface area contributed by atoms with Gasteiger partial charge in [0.1, 0.15) is 0 Å². The minimum Gasteiger partial charge on any atom is -0.305 e. The van der Waals surface area contributed by atoms with Crippen molar-refractivity contribution in [3.05, 3.63) is 29.8 Å². The molecule has 0 N–H and O–H groups in total. The monoisotopic (exact) mass is 290 g/mol. The van der Waals surface area contributed by atoms with E-state index < -0.39 is 8.07 Å². The maximum absolute atomic E-state index is 2.63. The summed E-state index contributed by atoms with van der Waals surface area (Å²) in [7, 11) is 1.08. The van der Waals surface area contributed by atoms with Gasteiger partial charge >= 0.3 is 0 Å². The molecule has 2 nitrogen and oxygen atoms in total. The normalized spacial score (nSPS) is 22.8. The van der Waals surface area contributed by atoms with Gasteiger partial charge in [-0.25, -0.2) is 0 Å². The number of nitrogens with zero attached hydrogens (tertiary/aromatic N) is 2. The number of likely N-dealkylation sites (N-methyl/N-ethyl adjacent to an activating group) is 1. The lowest BCUT2D eigenvalue weighted by Gasteiger charge is -2.28. The van der Waals surface area contributed by atoms with E-state index in [1.54, 1.807) is 5.19 Å². The molecular weight excluding hydrogens is 260 g/mol. The third kappa shape index (κ3) is 4.17. The average molecular weight is 291 g/mol. The first-order valence-electron chi connectivity index (χ1n) is 7.88. The van der Waals surface area contributed by atoms with Crippen LogP contribution in [0.3, 0.4) is 0 Å². The smallest absolute Gasteiger partial charge is 0.0775 e. The fourth-order valence-corrected chi connectivity index (χ4v) is 4.17. The van der Waals surface area contributed by atoms with E-state index in [-0.39, 0.29) is 0 Å². The Morgan fingerprint density at radius 2 is 1.75 bits per heavy atom. The van der Waals surface area contributed by atoms with Crippen LogP contribution in [-0.4, -0.2) is 50.6 Å². The van der Waals surface area contributed by atoms with Crippen molar-refractivity contribution < 1.29 is 0 Å². The van der Waals surface area contributed by atoms with Gasteiger partial charge in [-0.15, -0.1) is 0 Å². The van der Waals surface area contributed by atoms with Crippen molar-refractivity contribution >= 4 is 13.3 Å². The molecule has 2 rings (SSSR count). The zero-order valence-corrected chi connectivity index (χ0v) is 14.8. The molecule has 0 aromatic heterocycles. The SMILES string of the molecule is CC1CN(C)CCCN1Cc1ccc([Si](C)(C)C)cc1. The van der Waals surface area contributed by atoms with Crippen LogP contribution in [0.4, 0.5) is 0 Å². The number of rotatable bonds is 3. The highest BCUT2D eigenvalue weighted by molar-refractivity contribution is 6.88. The summed E-state index contributed by atoms with van der Waals surface area (Å²) in [5.41, 5.74) is 1.46. The number of hydrogen-bond donors (Lipinski definition) is 0. The molecule has 1 saturated heterocycles. The summed E-state index contributed by atoms with van der Waals surface area (Å²) >= 11 is 0. The molecule has 0 saturated carbocycles. The summed E-state index contributed by atoms with van der Waals surface area (Å²) in [5, 5.41) is 1.56. The van der Waals surface area contributed by atoms with E-state index in [0.29, 0.717) is 6.04 Å². The highest BCUT2D eigenvalue weighted by Gasteiger charge is 2.20. The predicted octanol–water partition coefficient (Wildman–Crippen LogP) is 2.76. The second-order valence-electron chi connectivity index (χ2n) is 7.38. The molecule has 1 heterocycles. The van der Waals surface area contributed by atoms with Gasteiger partial charge in [-0.3, -0.25) is 4.90 Å². The Labute approximate surface area is 125 Å². The van der Waals surface area contributed by atoms with Crippen LogP contribution in [0, 0.1) is 0 Å². The maximum atomic E-state index is 2.63. The molecule has 0 amide bonds. The minimum atomic E-state index is -1.16. The zero-order valence-electron chi connectivity index (χ0n) is 13.8. The first-order valence-corrected chi connectivity index (χ1v) is 11.4. The predicted molar refractivity (Wildman–Crippen MR) is 91.4 cm³/mol. The highest BCUT2D eigenvalue weighted by Crippen LogP contribution is 2.13. The lowest BCUT2D eigenvalue weighted by molar-refractivity contribution is 0.194. The molecule has 3 heteroatoms. The third-order valence-corrected chi connectivity index (χ3v) is 6.46. The zero-order chi connectivity index (χ0) is 14.8. The molecule has 1 aliphatic heterocycles. The van der Waals surface area contributed by atoms with Gasteiger partial charge in [-0.1, -0.05) is 49.1 Å². The van der Waals surface area contributed by atoms with E-state index in [2.05, 4.69) is 67.7 Å². The Morgan fingerprint density at radius 3 is 2.35 bits per heavy atom. The van der Waals surface area contributed by atoms with E-state index in [4.69, 9.17) is 0 Å². The van der Waals surface area contributed by atoms with Gasteiger partial charge in [0.05, 0.1) is 8.07 Å². The van der Waals surface area contributed by atoms with Crippen LogP contribution in [0.15, 0.2) is 24.3 Å². The fourth-order valence-electron chi connectivity index (χ4n) is 3.00. The molecule has 112 valence electrons. The van der Waals surface area contributed by atoms with Crippen molar-refractivity contribution in [3.8, 4) is 0 Å². The Morgan fingerprint density at radius 1 is 1.10 bits per heavy atom. The first kappa shape index (κ1) is 15.7. The second-order valence-corrected chi connectivity index (χ2v) is 12.5. The highest BCUT2D eigenvalue weighted by atomic mass is 28.3. The van der Waals surface area contributed by atoms with Crippen LogP contribution in [0.1, 0.15) is 18.9 Å². The molecule has 1 aromatic carbocycles. The van der Waals surface area contributed by atoms with E-state index >= 15 is 0 Å². The summed E-state index contributed by atoms with van der Waals surface area (Å²) in [6.07, 6.45) is 1.29. The second kappa shape index (κ2) is 6.42. The van der Waals surface area contributed by atoms with Crippen molar-refractivity contribution in [1.29, 1.82) is 0 Å². The molecule has 1 unspecified atom stereocenters. The molecule has 1 fully saturated rings. The summed E-state index contributed by atoms with van der Waals surface area (Å²) in [5.74, 6) is 0. The van der Waals surface area contributed by atoms with Gasteiger partial charge in [0.15, 0.2) is 0 Å². The summed E-state index contributed by atoms with van der Waals surface area (Å²) in [6, 6.07) is 10.1. The minimum absolute atomic E-state index is 0.652. The van der Waals surface area contributed by atoms with Crippen molar-refractivity contribution in [2.45, 2.75) is 45.6 Å². The number of hydrogen-bond acceptors (Lipinski definition) is 2. The van der Waals surface area contributed by atoms with Crippen molar-refractivity contribution in [2.75, 3.05) is 26.7 Å². The van der Waals surface area contributed by atoms with E-state index in [9.17, 15) is 0 Å². The Bertz CT molecular complexity index is 422. The van der Waals surface area contributed by atoms with Crippen LogP contribution in [0.5, 0.6) is 0 Å². The molecule has 1 atom stereocenters. The van der Waals surface area contributed by atoms with Gasteiger partial charge in [0.2, 0.25) is 0 Å². The third-order valence-electron chi connectivity index (χ3n) is 4.39. The van der Waals surface area contributed by atoms with Gasteiger partial charge in [-0.05, 0) is 32.5 Å². The summed E-state index contributed by atoms with van der Waals surface area (Å²) in [6.45, 7) is 14.3. The molecule has 0 spiro atoms. The van der Waals surface area contributed by atoms with E-state index in [0.717, 1.165) is 6.54 Å². The number of benzene rings is 1. The lowest BCUT2D eigenvalue weighted by atomic mass is 10.2. The van der Waals surface area contributed by atoms with Crippen molar-refractivity contribution in [2.24, 2.45) is 0 Å². The van der Waals surface area contributed by atoms with E-state index in [1.165, 1.54) is 31.6 Å². The molecule has 1 aromatic rings. The molecule has 0 bridgehead atoms. The van der Waals surface area contributed by atoms with Crippen LogP contribution in [0.2, 0.25) is 19.6 Å². The standard InChI is InChI=1S/C17H30N2Si/c1-15-13-18(2)11-6-12-19(15)14-16-7-9-17(10-8-16)20(3,4)5/h7-10,15H,6,11-14H2,1-5H3. The molecule has 0 radical (unpaired) electrons. The van der Waals surface area contributed by atoms with Gasteiger partial charge in [0.25, 0.3) is 0 Å². The van der Waals surface area contributed by atoms with Crippen LogP contribution >= 0.6 is 0 Å². The largest absolute Gasteiger partial charge is 0.305 e. The molecular formula is C17H30N2Si. The summed E-state index contributed by atoms with van der Waals surface area (Å²) in [4.78, 5) is 5.09. The molecule has 1 aliphatic rings. The maximum Gasteiger partial charge on any atom is 0.0775 e. The van der Waals surface area contributed by atoms with E-state index in [1.807, 2.05) is 0 Å².